The molecule has 0 bridgehead atoms. The summed E-state index contributed by atoms with van der Waals surface area (Å²) in [7, 11) is 6.80. The monoisotopic (exact) mass is 444 g/mol. The Bertz CT molecular complexity index is 1030. The number of likely N-dealkylation sites (N-methyl/N-ethyl adjacent to an activating group) is 1. The number of methoxy groups -OCH3 is 2. The molecule has 1 aliphatic heterocycles. The van der Waals surface area contributed by atoms with Crippen LogP contribution in [0.15, 0.2) is 48.0 Å². The third kappa shape index (κ3) is 4.52. The molecule has 1 N–H and O–H groups in total. The van der Waals surface area contributed by atoms with Crippen molar-refractivity contribution in [1.29, 1.82) is 0 Å². The summed E-state index contributed by atoms with van der Waals surface area (Å²) in [5, 5.41) is 11.4. The second kappa shape index (κ2) is 9.41. The van der Waals surface area contributed by atoms with Crippen molar-refractivity contribution in [2.24, 2.45) is 0 Å². The van der Waals surface area contributed by atoms with Crippen molar-refractivity contribution in [2.45, 2.75) is 6.04 Å². The third-order valence-electron chi connectivity index (χ3n) is 5.16. The lowest BCUT2D eigenvalue weighted by molar-refractivity contribution is -0.140. The predicted molar refractivity (Wildman–Crippen MR) is 119 cm³/mol. The summed E-state index contributed by atoms with van der Waals surface area (Å²) >= 11 is 6.21. The second-order valence-electron chi connectivity index (χ2n) is 7.42. The van der Waals surface area contributed by atoms with Crippen LogP contribution in [0.4, 0.5) is 0 Å². The van der Waals surface area contributed by atoms with Gasteiger partial charge in [0.2, 0.25) is 0 Å². The van der Waals surface area contributed by atoms with E-state index in [1.807, 2.05) is 19.0 Å². The molecule has 164 valence electrons. The molecule has 0 unspecified atom stereocenters. The van der Waals surface area contributed by atoms with Gasteiger partial charge >= 0.3 is 0 Å². The Labute approximate surface area is 186 Å². The van der Waals surface area contributed by atoms with E-state index in [1.54, 1.807) is 43.5 Å². The first-order valence-electron chi connectivity index (χ1n) is 9.69. The van der Waals surface area contributed by atoms with Crippen LogP contribution in [0.5, 0.6) is 11.5 Å². The van der Waals surface area contributed by atoms with Gasteiger partial charge < -0.3 is 24.4 Å². The summed E-state index contributed by atoms with van der Waals surface area (Å²) in [4.78, 5) is 29.3. The summed E-state index contributed by atoms with van der Waals surface area (Å²) in [6.45, 7) is 0.876. The maximum Gasteiger partial charge on any atom is 0.295 e. The number of likely N-dealkylation sites (tertiary alicyclic amines) is 1. The molecule has 1 fully saturated rings. The SMILES string of the molecule is COc1cccc([C@H]2/C(=C(\O)c3ccc(OC)c(Cl)c3)C(=O)C(=O)N2CCN(C)C)c1. The average molecular weight is 445 g/mol. The molecule has 0 radical (unpaired) electrons. The van der Waals surface area contributed by atoms with Gasteiger partial charge in [0, 0.05) is 18.7 Å². The van der Waals surface area contributed by atoms with Crippen LogP contribution >= 0.6 is 11.6 Å². The molecule has 1 amide bonds. The number of ketones is 1. The topological polar surface area (TPSA) is 79.3 Å². The Morgan fingerprint density at radius 2 is 1.87 bits per heavy atom. The molecule has 0 aliphatic carbocycles. The minimum atomic E-state index is -0.754. The van der Waals surface area contributed by atoms with Crippen LogP contribution in [0.1, 0.15) is 17.2 Å². The van der Waals surface area contributed by atoms with Crippen molar-refractivity contribution < 1.29 is 24.2 Å². The predicted octanol–water partition coefficient (Wildman–Crippen LogP) is 3.34. The lowest BCUT2D eigenvalue weighted by Gasteiger charge is -2.26. The van der Waals surface area contributed by atoms with Crippen LogP contribution in [-0.2, 0) is 9.59 Å². The number of carbonyl (C=O) groups is 2. The number of halogens is 1. The minimum absolute atomic E-state index is 0.0123. The largest absolute Gasteiger partial charge is 0.507 e. The van der Waals surface area contributed by atoms with E-state index < -0.39 is 17.7 Å². The van der Waals surface area contributed by atoms with E-state index in [1.165, 1.54) is 18.1 Å². The zero-order valence-electron chi connectivity index (χ0n) is 17.9. The van der Waals surface area contributed by atoms with Gasteiger partial charge in [-0.25, -0.2) is 0 Å². The molecule has 0 saturated carbocycles. The number of hydrogen-bond acceptors (Lipinski definition) is 6. The molecule has 8 heteroatoms. The highest BCUT2D eigenvalue weighted by molar-refractivity contribution is 6.46. The van der Waals surface area contributed by atoms with E-state index in [4.69, 9.17) is 21.1 Å². The first kappa shape index (κ1) is 22.7. The number of amides is 1. The summed E-state index contributed by atoms with van der Waals surface area (Å²) in [6.07, 6.45) is 0. The number of nitrogens with zero attached hydrogens (tertiary/aromatic N) is 2. The molecule has 1 saturated heterocycles. The fourth-order valence-corrected chi connectivity index (χ4v) is 3.80. The molecule has 0 aromatic heterocycles. The summed E-state index contributed by atoms with van der Waals surface area (Å²) < 4.78 is 10.5. The number of benzene rings is 2. The highest BCUT2D eigenvalue weighted by Gasteiger charge is 2.46. The molecule has 0 spiro atoms. The third-order valence-corrected chi connectivity index (χ3v) is 5.46. The van der Waals surface area contributed by atoms with Crippen molar-refractivity contribution >= 4 is 29.1 Å². The van der Waals surface area contributed by atoms with Crippen LogP contribution in [0.3, 0.4) is 0 Å². The van der Waals surface area contributed by atoms with Crippen molar-refractivity contribution in [2.75, 3.05) is 41.4 Å². The normalized spacial score (nSPS) is 18.0. The van der Waals surface area contributed by atoms with Gasteiger partial charge in [0.15, 0.2) is 0 Å². The van der Waals surface area contributed by atoms with Gasteiger partial charge in [-0.05, 0) is 50.0 Å². The fourth-order valence-electron chi connectivity index (χ4n) is 3.55. The first-order chi connectivity index (χ1) is 14.8. The maximum atomic E-state index is 13.0. The van der Waals surface area contributed by atoms with Crippen molar-refractivity contribution in [3.8, 4) is 11.5 Å². The van der Waals surface area contributed by atoms with Crippen molar-refractivity contribution in [1.82, 2.24) is 9.80 Å². The smallest absolute Gasteiger partial charge is 0.295 e. The van der Waals surface area contributed by atoms with Gasteiger partial charge in [0.25, 0.3) is 11.7 Å². The molecule has 1 heterocycles. The fraction of sp³-hybridized carbons (Fsp3) is 0.304. The van der Waals surface area contributed by atoms with Gasteiger partial charge in [0.1, 0.15) is 17.3 Å². The Balaban J connectivity index is 2.17. The summed E-state index contributed by atoms with van der Waals surface area (Å²) in [6, 6.07) is 11.1. The summed E-state index contributed by atoms with van der Waals surface area (Å²) in [5.41, 5.74) is 1.00. The van der Waals surface area contributed by atoms with Crippen LogP contribution in [0.25, 0.3) is 5.76 Å². The molecule has 2 aromatic rings. The van der Waals surface area contributed by atoms with Gasteiger partial charge in [-0.3, -0.25) is 9.59 Å². The second-order valence-corrected chi connectivity index (χ2v) is 7.83. The summed E-state index contributed by atoms with van der Waals surface area (Å²) in [5.74, 6) is -0.660. The van der Waals surface area contributed by atoms with E-state index in [0.29, 0.717) is 35.7 Å². The number of Topliss-reactive ketones (excluding diaryl/α,β-unsaturated/α-hetero) is 1. The highest BCUT2D eigenvalue weighted by Crippen LogP contribution is 2.40. The van der Waals surface area contributed by atoms with Crippen LogP contribution in [0.2, 0.25) is 5.02 Å². The van der Waals surface area contributed by atoms with E-state index in [9.17, 15) is 14.7 Å². The number of ether oxygens (including phenoxy) is 2. The standard InChI is InChI=1S/C23H25ClN2O5/c1-25(2)10-11-26-20(14-6-5-7-16(12-14)30-3)19(22(28)23(26)29)21(27)15-8-9-18(31-4)17(24)13-15/h5-9,12-13,20,27H,10-11H2,1-4H3/b21-19+/t20-/m0/s1. The Morgan fingerprint density at radius 1 is 1.13 bits per heavy atom. The van der Waals surface area contributed by atoms with E-state index in [2.05, 4.69) is 0 Å². The Morgan fingerprint density at radius 3 is 2.48 bits per heavy atom. The van der Waals surface area contributed by atoms with Crippen LogP contribution in [-0.4, -0.2) is 68.0 Å². The quantitative estimate of drug-likeness (QED) is 0.401. The molecule has 3 rings (SSSR count). The van der Waals surface area contributed by atoms with Crippen molar-refractivity contribution in [3.63, 3.8) is 0 Å². The molecule has 1 atom stereocenters. The number of hydrogen-bond donors (Lipinski definition) is 1. The lowest BCUT2D eigenvalue weighted by Crippen LogP contribution is -2.35. The van der Waals surface area contributed by atoms with Crippen LogP contribution in [0, 0.1) is 0 Å². The average Bonchev–Trinajstić information content (AvgIpc) is 3.01. The molecular weight excluding hydrogens is 420 g/mol. The van der Waals surface area contributed by atoms with Gasteiger partial charge in [-0.2, -0.15) is 0 Å². The Kier molecular flexibility index (Phi) is 6.87. The molecule has 31 heavy (non-hydrogen) atoms. The van der Waals surface area contributed by atoms with Gasteiger partial charge in [0.05, 0.1) is 30.9 Å². The highest BCUT2D eigenvalue weighted by atomic mass is 35.5. The molecule has 7 nitrogen and oxygen atoms in total. The van der Waals surface area contributed by atoms with Gasteiger partial charge in [-0.15, -0.1) is 0 Å². The van der Waals surface area contributed by atoms with E-state index in [-0.39, 0.29) is 16.4 Å². The zero-order chi connectivity index (χ0) is 22.7. The molecule has 2 aromatic carbocycles. The van der Waals surface area contributed by atoms with Gasteiger partial charge in [-0.1, -0.05) is 23.7 Å². The van der Waals surface area contributed by atoms with Crippen LogP contribution < -0.4 is 9.47 Å². The number of aliphatic hydroxyl groups is 1. The van der Waals surface area contributed by atoms with E-state index >= 15 is 0 Å². The maximum absolute atomic E-state index is 13.0. The molecule has 1 aliphatic rings. The molecular formula is C23H25ClN2O5. The van der Waals surface area contributed by atoms with Crippen molar-refractivity contribution in [3.05, 3.63) is 64.2 Å². The number of aliphatic hydroxyl groups excluding tert-OH is 1. The zero-order valence-corrected chi connectivity index (χ0v) is 18.6. The minimum Gasteiger partial charge on any atom is -0.507 e. The first-order valence-corrected chi connectivity index (χ1v) is 10.1. The lowest BCUT2D eigenvalue weighted by atomic mass is 9.95. The van der Waals surface area contributed by atoms with E-state index in [0.717, 1.165) is 0 Å². The number of rotatable bonds is 7. The number of carbonyl (C=O) groups excluding carboxylic acids is 2. The Hall–Kier alpha value is -3.03.